The third-order valence-corrected chi connectivity index (χ3v) is 2.74. The van der Waals surface area contributed by atoms with Crippen molar-refractivity contribution in [3.63, 3.8) is 0 Å². The van der Waals surface area contributed by atoms with E-state index in [0.29, 0.717) is 0 Å². The minimum atomic E-state index is 0.832. The molecule has 0 fully saturated rings. The molecule has 0 atom stereocenters. The van der Waals surface area contributed by atoms with E-state index in [1.165, 1.54) is 16.3 Å². The molecule has 2 nitrogen and oxygen atoms in total. The number of nitrogens with zero attached hydrogens (tertiary/aromatic N) is 2. The number of rotatable bonds is 1. The van der Waals surface area contributed by atoms with Gasteiger partial charge in [0.15, 0.2) is 0 Å². The average molecular weight is 195 g/mol. The summed E-state index contributed by atoms with van der Waals surface area (Å²) in [6.45, 7) is 0.832. The standard InChI is InChI=1S/C13H11N2/c1-2-6-11-10(4-1)5-3-7-12(11)13-8-9-14-15-13/h1-7H,8-9H2. The second-order valence-corrected chi connectivity index (χ2v) is 3.69. The molecule has 2 aromatic rings. The molecule has 0 saturated carbocycles. The molecule has 0 aliphatic carbocycles. The Kier molecular flexibility index (Phi) is 1.91. The summed E-state index contributed by atoms with van der Waals surface area (Å²) in [5, 5.41) is 6.74. The van der Waals surface area contributed by atoms with Crippen LogP contribution in [0.2, 0.25) is 0 Å². The van der Waals surface area contributed by atoms with Crippen LogP contribution in [0.4, 0.5) is 0 Å². The molecule has 15 heavy (non-hydrogen) atoms. The van der Waals surface area contributed by atoms with Crippen molar-refractivity contribution in [3.05, 3.63) is 48.0 Å². The van der Waals surface area contributed by atoms with Crippen molar-refractivity contribution in [1.82, 2.24) is 5.43 Å². The smallest absolute Gasteiger partial charge is 0.0723 e. The number of hydrogen-bond donors (Lipinski definition) is 0. The van der Waals surface area contributed by atoms with E-state index in [-0.39, 0.29) is 0 Å². The quantitative estimate of drug-likeness (QED) is 0.668. The molecular formula is C13H11N2. The van der Waals surface area contributed by atoms with E-state index >= 15 is 0 Å². The molecule has 0 saturated heterocycles. The van der Waals surface area contributed by atoms with Crippen LogP contribution < -0.4 is 5.43 Å². The van der Waals surface area contributed by atoms with Gasteiger partial charge in [-0.3, -0.25) is 0 Å². The van der Waals surface area contributed by atoms with Crippen molar-refractivity contribution >= 4 is 16.5 Å². The largest absolute Gasteiger partial charge is 0.189 e. The van der Waals surface area contributed by atoms with E-state index in [1.54, 1.807) is 0 Å². The van der Waals surface area contributed by atoms with Gasteiger partial charge in [0.25, 0.3) is 0 Å². The molecule has 0 unspecified atom stereocenters. The summed E-state index contributed by atoms with van der Waals surface area (Å²) in [7, 11) is 0. The Bertz CT molecular complexity index is 524. The van der Waals surface area contributed by atoms with Gasteiger partial charge >= 0.3 is 0 Å². The first-order valence-electron chi connectivity index (χ1n) is 5.16. The molecule has 0 spiro atoms. The topological polar surface area (TPSA) is 26.5 Å². The van der Waals surface area contributed by atoms with Crippen LogP contribution in [0, 0.1) is 0 Å². The van der Waals surface area contributed by atoms with Crippen molar-refractivity contribution in [2.75, 3.05) is 6.54 Å². The van der Waals surface area contributed by atoms with Gasteiger partial charge in [0, 0.05) is 12.0 Å². The summed E-state index contributed by atoms with van der Waals surface area (Å²) in [4.78, 5) is 0. The Labute approximate surface area is 88.6 Å². The van der Waals surface area contributed by atoms with Crippen molar-refractivity contribution in [3.8, 4) is 0 Å². The molecule has 0 bridgehead atoms. The summed E-state index contributed by atoms with van der Waals surface area (Å²) in [6, 6.07) is 14.7. The maximum atomic E-state index is 4.20. The molecular weight excluding hydrogens is 184 g/mol. The average Bonchev–Trinajstić information content (AvgIpc) is 2.82. The van der Waals surface area contributed by atoms with Crippen LogP contribution >= 0.6 is 0 Å². The molecule has 0 N–H and O–H groups in total. The van der Waals surface area contributed by atoms with Gasteiger partial charge in [-0.15, -0.1) is 0 Å². The van der Waals surface area contributed by atoms with Gasteiger partial charge in [-0.2, -0.15) is 10.5 Å². The first-order chi connectivity index (χ1) is 7.45. The summed E-state index contributed by atoms with van der Waals surface area (Å²) < 4.78 is 0. The predicted molar refractivity (Wildman–Crippen MR) is 62.1 cm³/mol. The fourth-order valence-corrected chi connectivity index (χ4v) is 2.01. The lowest BCUT2D eigenvalue weighted by Gasteiger charge is -2.04. The Hall–Kier alpha value is -1.83. The van der Waals surface area contributed by atoms with E-state index in [2.05, 4.69) is 53.0 Å². The van der Waals surface area contributed by atoms with Crippen molar-refractivity contribution < 1.29 is 0 Å². The molecule has 0 aromatic heterocycles. The second-order valence-electron chi connectivity index (χ2n) is 3.69. The van der Waals surface area contributed by atoms with Crippen LogP contribution in [-0.4, -0.2) is 12.3 Å². The molecule has 1 radical (unpaired) electrons. The highest BCUT2D eigenvalue weighted by molar-refractivity contribution is 6.11. The van der Waals surface area contributed by atoms with Gasteiger partial charge in [-0.05, 0) is 10.8 Å². The number of hydrogen-bond acceptors (Lipinski definition) is 1. The Morgan fingerprint density at radius 1 is 0.933 bits per heavy atom. The van der Waals surface area contributed by atoms with E-state index in [1.807, 2.05) is 0 Å². The normalized spacial score (nSPS) is 15.1. The summed E-state index contributed by atoms with van der Waals surface area (Å²) in [5.41, 5.74) is 6.38. The highest BCUT2D eigenvalue weighted by Gasteiger charge is 2.12. The zero-order valence-electron chi connectivity index (χ0n) is 8.35. The molecule has 0 amide bonds. The summed E-state index contributed by atoms with van der Waals surface area (Å²) in [6.07, 6.45) is 0.966. The molecule has 3 rings (SSSR count). The SMILES string of the molecule is c1ccc2c(C3=N[N]CC3)cccc2c1. The van der Waals surface area contributed by atoms with Gasteiger partial charge in [0.05, 0.1) is 12.3 Å². The van der Waals surface area contributed by atoms with Crippen LogP contribution in [0.1, 0.15) is 12.0 Å². The van der Waals surface area contributed by atoms with E-state index in [4.69, 9.17) is 0 Å². The fraction of sp³-hybridized carbons (Fsp3) is 0.154. The van der Waals surface area contributed by atoms with Crippen LogP contribution in [0.25, 0.3) is 10.8 Å². The van der Waals surface area contributed by atoms with E-state index < -0.39 is 0 Å². The van der Waals surface area contributed by atoms with Crippen LogP contribution in [0.15, 0.2) is 47.6 Å². The van der Waals surface area contributed by atoms with Gasteiger partial charge in [-0.1, -0.05) is 42.5 Å². The zero-order chi connectivity index (χ0) is 10.1. The lowest BCUT2D eigenvalue weighted by atomic mass is 10.00. The fourth-order valence-electron chi connectivity index (χ4n) is 2.01. The monoisotopic (exact) mass is 195 g/mol. The maximum absolute atomic E-state index is 4.20. The zero-order valence-corrected chi connectivity index (χ0v) is 8.35. The van der Waals surface area contributed by atoms with Crippen LogP contribution in [-0.2, 0) is 0 Å². The van der Waals surface area contributed by atoms with E-state index in [0.717, 1.165) is 18.7 Å². The van der Waals surface area contributed by atoms with E-state index in [9.17, 15) is 0 Å². The highest BCUT2D eigenvalue weighted by atomic mass is 15.3. The third kappa shape index (κ3) is 1.38. The minimum absolute atomic E-state index is 0.832. The first kappa shape index (κ1) is 8.48. The second kappa shape index (κ2) is 3.39. The van der Waals surface area contributed by atoms with Gasteiger partial charge in [-0.25, -0.2) is 0 Å². The van der Waals surface area contributed by atoms with Gasteiger partial charge < -0.3 is 0 Å². The van der Waals surface area contributed by atoms with Crippen molar-refractivity contribution in [2.45, 2.75) is 6.42 Å². The molecule has 2 aromatic carbocycles. The predicted octanol–water partition coefficient (Wildman–Crippen LogP) is 2.55. The maximum Gasteiger partial charge on any atom is 0.0723 e. The Balaban J connectivity index is 2.26. The van der Waals surface area contributed by atoms with Gasteiger partial charge in [0.2, 0.25) is 0 Å². The minimum Gasteiger partial charge on any atom is -0.189 e. The van der Waals surface area contributed by atoms with Crippen molar-refractivity contribution in [2.24, 2.45) is 5.10 Å². The van der Waals surface area contributed by atoms with Gasteiger partial charge in [0.1, 0.15) is 0 Å². The molecule has 2 heteroatoms. The Morgan fingerprint density at radius 3 is 2.67 bits per heavy atom. The lowest BCUT2D eigenvalue weighted by Crippen LogP contribution is -1.98. The lowest BCUT2D eigenvalue weighted by molar-refractivity contribution is 0.795. The first-order valence-corrected chi connectivity index (χ1v) is 5.16. The number of fused-ring (bicyclic) bond motifs is 1. The number of benzene rings is 2. The third-order valence-electron chi connectivity index (χ3n) is 2.74. The van der Waals surface area contributed by atoms with Crippen LogP contribution in [0.3, 0.4) is 0 Å². The molecule has 73 valence electrons. The highest BCUT2D eigenvalue weighted by Crippen LogP contribution is 2.21. The summed E-state index contributed by atoms with van der Waals surface area (Å²) >= 11 is 0. The molecule has 1 heterocycles. The summed E-state index contributed by atoms with van der Waals surface area (Å²) in [5.74, 6) is 0. The van der Waals surface area contributed by atoms with Crippen LogP contribution in [0.5, 0.6) is 0 Å². The Morgan fingerprint density at radius 2 is 1.80 bits per heavy atom. The van der Waals surface area contributed by atoms with Crippen molar-refractivity contribution in [1.29, 1.82) is 0 Å². The molecule has 1 aliphatic rings. The molecule has 1 aliphatic heterocycles.